The lowest BCUT2D eigenvalue weighted by molar-refractivity contribution is -0.122. The van der Waals surface area contributed by atoms with Gasteiger partial charge in [-0.3, -0.25) is 9.69 Å². The highest BCUT2D eigenvalue weighted by Crippen LogP contribution is 2.21. The van der Waals surface area contributed by atoms with E-state index in [4.69, 9.17) is 5.73 Å². The highest BCUT2D eigenvalue weighted by atomic mass is 16.2. The Balaban J connectivity index is 2.66. The van der Waals surface area contributed by atoms with Gasteiger partial charge in [0.2, 0.25) is 5.91 Å². The number of amides is 1. The second kappa shape index (κ2) is 8.02. The molecule has 112 valence electrons. The predicted molar refractivity (Wildman–Crippen MR) is 83.3 cm³/mol. The second-order valence-electron chi connectivity index (χ2n) is 5.83. The quantitative estimate of drug-likeness (QED) is 0.798. The zero-order chi connectivity index (χ0) is 15.1. The number of hydrogen-bond acceptors (Lipinski definition) is 3. The molecule has 1 rings (SSSR count). The van der Waals surface area contributed by atoms with Gasteiger partial charge in [-0.15, -0.1) is 0 Å². The van der Waals surface area contributed by atoms with Crippen LogP contribution in [-0.4, -0.2) is 37.0 Å². The van der Waals surface area contributed by atoms with Crippen molar-refractivity contribution in [2.24, 2.45) is 11.7 Å². The lowest BCUT2D eigenvalue weighted by atomic mass is 9.99. The number of hydrogen-bond donors (Lipinski definition) is 2. The molecule has 0 fully saturated rings. The minimum atomic E-state index is -0.0414. The average Bonchev–Trinajstić information content (AvgIpc) is 2.37. The first kappa shape index (κ1) is 16.7. The van der Waals surface area contributed by atoms with Crippen LogP contribution in [-0.2, 0) is 4.79 Å². The number of rotatable bonds is 7. The van der Waals surface area contributed by atoms with Crippen LogP contribution in [0.25, 0.3) is 0 Å². The number of benzene rings is 1. The number of nitrogens with zero attached hydrogens (tertiary/aromatic N) is 1. The molecule has 2 atom stereocenters. The van der Waals surface area contributed by atoms with Gasteiger partial charge < -0.3 is 11.1 Å². The molecule has 0 aromatic heterocycles. The van der Waals surface area contributed by atoms with E-state index in [0.717, 1.165) is 5.56 Å². The van der Waals surface area contributed by atoms with Crippen LogP contribution >= 0.6 is 0 Å². The van der Waals surface area contributed by atoms with Gasteiger partial charge in [0, 0.05) is 18.6 Å². The summed E-state index contributed by atoms with van der Waals surface area (Å²) in [6, 6.07) is 10.1. The Hall–Kier alpha value is -1.39. The summed E-state index contributed by atoms with van der Waals surface area (Å²) in [6.07, 6.45) is 0. The summed E-state index contributed by atoms with van der Waals surface area (Å²) in [7, 11) is 1.94. The molecule has 0 aliphatic rings. The van der Waals surface area contributed by atoms with E-state index >= 15 is 0 Å². The van der Waals surface area contributed by atoms with Crippen LogP contribution < -0.4 is 11.1 Å². The van der Waals surface area contributed by atoms with Crippen LogP contribution in [0.3, 0.4) is 0 Å². The lowest BCUT2D eigenvalue weighted by Gasteiger charge is -2.31. The van der Waals surface area contributed by atoms with Gasteiger partial charge in [-0.25, -0.2) is 0 Å². The smallest absolute Gasteiger partial charge is 0.234 e. The molecule has 1 amide bonds. The Labute approximate surface area is 122 Å². The minimum Gasteiger partial charge on any atom is -0.355 e. The number of carbonyl (C=O) groups is 1. The van der Waals surface area contributed by atoms with Crippen molar-refractivity contribution in [1.82, 2.24) is 10.2 Å². The van der Waals surface area contributed by atoms with Gasteiger partial charge in [-0.1, -0.05) is 44.2 Å². The van der Waals surface area contributed by atoms with Crippen molar-refractivity contribution >= 4 is 5.91 Å². The Kier molecular flexibility index (Phi) is 6.68. The fourth-order valence-electron chi connectivity index (χ4n) is 2.31. The van der Waals surface area contributed by atoms with E-state index in [2.05, 4.69) is 31.3 Å². The monoisotopic (exact) mass is 277 g/mol. The average molecular weight is 277 g/mol. The van der Waals surface area contributed by atoms with E-state index in [0.29, 0.717) is 19.0 Å². The molecule has 4 heteroatoms. The van der Waals surface area contributed by atoms with Gasteiger partial charge in [0.1, 0.15) is 0 Å². The van der Waals surface area contributed by atoms with E-state index in [1.54, 1.807) is 0 Å². The van der Waals surface area contributed by atoms with Gasteiger partial charge >= 0.3 is 0 Å². The molecule has 0 saturated heterocycles. The van der Waals surface area contributed by atoms with Crippen molar-refractivity contribution in [3.05, 3.63) is 35.9 Å². The zero-order valence-corrected chi connectivity index (χ0v) is 13.0. The molecular formula is C16H27N3O. The van der Waals surface area contributed by atoms with E-state index in [1.807, 2.05) is 37.1 Å². The summed E-state index contributed by atoms with van der Waals surface area (Å²) >= 11 is 0. The largest absolute Gasteiger partial charge is 0.355 e. The second-order valence-corrected chi connectivity index (χ2v) is 5.83. The summed E-state index contributed by atoms with van der Waals surface area (Å²) in [6.45, 7) is 7.20. The number of carbonyl (C=O) groups excluding carboxylic acids is 1. The molecule has 0 saturated carbocycles. The minimum absolute atomic E-state index is 0.0414. The fourth-order valence-corrected chi connectivity index (χ4v) is 2.31. The Morgan fingerprint density at radius 3 is 2.35 bits per heavy atom. The maximum Gasteiger partial charge on any atom is 0.234 e. The number of nitrogens with one attached hydrogen (secondary N) is 1. The third kappa shape index (κ3) is 5.31. The number of nitrogens with two attached hydrogens (primary N) is 1. The maximum atomic E-state index is 11.9. The molecular weight excluding hydrogens is 250 g/mol. The molecule has 20 heavy (non-hydrogen) atoms. The van der Waals surface area contributed by atoms with Crippen molar-refractivity contribution < 1.29 is 4.79 Å². The first-order valence-corrected chi connectivity index (χ1v) is 7.19. The van der Waals surface area contributed by atoms with E-state index in [9.17, 15) is 4.79 Å². The van der Waals surface area contributed by atoms with Crippen LogP contribution in [0.15, 0.2) is 30.3 Å². The summed E-state index contributed by atoms with van der Waals surface area (Å²) in [5.41, 5.74) is 7.23. The van der Waals surface area contributed by atoms with Crippen molar-refractivity contribution in [3.63, 3.8) is 0 Å². The van der Waals surface area contributed by atoms with Gasteiger partial charge in [-0.2, -0.15) is 0 Å². The first-order valence-electron chi connectivity index (χ1n) is 7.19. The topological polar surface area (TPSA) is 58.4 Å². The van der Waals surface area contributed by atoms with Crippen LogP contribution in [0, 0.1) is 5.92 Å². The van der Waals surface area contributed by atoms with Crippen LogP contribution in [0.5, 0.6) is 0 Å². The van der Waals surface area contributed by atoms with E-state index in [-0.39, 0.29) is 18.0 Å². The zero-order valence-electron chi connectivity index (χ0n) is 13.0. The van der Waals surface area contributed by atoms with Crippen LogP contribution in [0.1, 0.15) is 32.4 Å². The third-order valence-corrected chi connectivity index (χ3v) is 3.21. The van der Waals surface area contributed by atoms with Crippen molar-refractivity contribution in [2.45, 2.75) is 32.9 Å². The summed E-state index contributed by atoms with van der Waals surface area (Å²) in [5.74, 6) is 0.505. The van der Waals surface area contributed by atoms with Crippen molar-refractivity contribution in [2.75, 3.05) is 20.1 Å². The molecule has 0 aliphatic carbocycles. The van der Waals surface area contributed by atoms with Gasteiger partial charge in [0.25, 0.3) is 0 Å². The molecule has 1 aromatic carbocycles. The normalized spacial score (nSPS) is 14.3. The molecule has 0 heterocycles. The summed E-state index contributed by atoms with van der Waals surface area (Å²) in [4.78, 5) is 13.9. The molecule has 4 nitrogen and oxygen atoms in total. The number of likely N-dealkylation sites (N-methyl/N-ethyl adjacent to an activating group) is 1. The molecule has 0 aliphatic heterocycles. The van der Waals surface area contributed by atoms with Crippen LogP contribution in [0.4, 0.5) is 0 Å². The SMILES string of the molecule is CC(C)CNC(=O)CN(C)C(c1ccccc1)C(C)N. The maximum absolute atomic E-state index is 11.9. The lowest BCUT2D eigenvalue weighted by Crippen LogP contribution is -2.43. The van der Waals surface area contributed by atoms with Crippen molar-refractivity contribution in [1.29, 1.82) is 0 Å². The van der Waals surface area contributed by atoms with Crippen molar-refractivity contribution in [3.8, 4) is 0 Å². The Morgan fingerprint density at radius 1 is 1.25 bits per heavy atom. The van der Waals surface area contributed by atoms with Crippen LogP contribution in [0.2, 0.25) is 0 Å². The molecule has 0 radical (unpaired) electrons. The van der Waals surface area contributed by atoms with Gasteiger partial charge in [-0.05, 0) is 25.5 Å². The molecule has 1 aromatic rings. The summed E-state index contributed by atoms with van der Waals surface area (Å²) in [5, 5.41) is 2.94. The molecule has 0 spiro atoms. The molecule has 0 bridgehead atoms. The summed E-state index contributed by atoms with van der Waals surface area (Å²) < 4.78 is 0. The fraction of sp³-hybridized carbons (Fsp3) is 0.562. The standard InChI is InChI=1S/C16H27N3O/c1-12(2)10-18-15(20)11-19(4)16(13(3)17)14-8-6-5-7-9-14/h5-9,12-13,16H,10-11,17H2,1-4H3,(H,18,20). The molecule has 2 unspecified atom stereocenters. The van der Waals surface area contributed by atoms with E-state index in [1.165, 1.54) is 0 Å². The highest BCUT2D eigenvalue weighted by molar-refractivity contribution is 5.78. The Morgan fingerprint density at radius 2 is 1.85 bits per heavy atom. The third-order valence-electron chi connectivity index (χ3n) is 3.21. The highest BCUT2D eigenvalue weighted by Gasteiger charge is 2.22. The Bertz CT molecular complexity index is 403. The van der Waals surface area contributed by atoms with E-state index < -0.39 is 0 Å². The first-order chi connectivity index (χ1) is 9.41. The van der Waals surface area contributed by atoms with Gasteiger partial charge in [0.05, 0.1) is 6.54 Å². The van der Waals surface area contributed by atoms with Gasteiger partial charge in [0.15, 0.2) is 0 Å². The predicted octanol–water partition coefficient (Wildman–Crippen LogP) is 1.78. The molecule has 3 N–H and O–H groups in total.